The minimum atomic E-state index is 0.486. The number of nitrogens with zero attached hydrogens (tertiary/aromatic N) is 5. The van der Waals surface area contributed by atoms with Crippen LogP contribution in [0.25, 0.3) is 5.65 Å². The SMILES string of the molecule is N#Cc1cnn2c3c(c(N)nc12)CCN3C1CCCCC1. The van der Waals surface area contributed by atoms with Crippen LogP contribution in [-0.4, -0.2) is 27.2 Å². The quantitative estimate of drug-likeness (QED) is 0.863. The maximum atomic E-state index is 9.18. The van der Waals surface area contributed by atoms with Gasteiger partial charge in [0.15, 0.2) is 5.65 Å². The molecule has 21 heavy (non-hydrogen) atoms. The van der Waals surface area contributed by atoms with Crippen molar-refractivity contribution in [3.63, 3.8) is 0 Å². The maximum Gasteiger partial charge on any atom is 0.177 e. The Morgan fingerprint density at radius 1 is 1.29 bits per heavy atom. The Balaban J connectivity index is 1.88. The van der Waals surface area contributed by atoms with Gasteiger partial charge in [-0.1, -0.05) is 19.3 Å². The minimum Gasteiger partial charge on any atom is -0.383 e. The van der Waals surface area contributed by atoms with Gasteiger partial charge in [0.25, 0.3) is 0 Å². The molecule has 1 saturated carbocycles. The monoisotopic (exact) mass is 282 g/mol. The Labute approximate surface area is 123 Å². The molecule has 108 valence electrons. The summed E-state index contributed by atoms with van der Waals surface area (Å²) in [6.45, 7) is 0.979. The predicted octanol–water partition coefficient (Wildman–Crippen LogP) is 1.88. The third-order valence-corrected chi connectivity index (χ3v) is 4.76. The van der Waals surface area contributed by atoms with E-state index in [-0.39, 0.29) is 0 Å². The predicted molar refractivity (Wildman–Crippen MR) is 80.0 cm³/mol. The number of hydrogen-bond acceptors (Lipinski definition) is 5. The van der Waals surface area contributed by atoms with Crippen LogP contribution in [0.2, 0.25) is 0 Å². The van der Waals surface area contributed by atoms with Crippen LogP contribution < -0.4 is 10.6 Å². The van der Waals surface area contributed by atoms with E-state index in [0.717, 1.165) is 24.3 Å². The van der Waals surface area contributed by atoms with Gasteiger partial charge in [0.2, 0.25) is 0 Å². The number of rotatable bonds is 1. The second-order valence-corrected chi connectivity index (χ2v) is 5.94. The van der Waals surface area contributed by atoms with E-state index in [0.29, 0.717) is 23.1 Å². The summed E-state index contributed by atoms with van der Waals surface area (Å²) in [6.07, 6.45) is 8.89. The van der Waals surface area contributed by atoms with Crippen LogP contribution in [0.1, 0.15) is 43.2 Å². The van der Waals surface area contributed by atoms with Crippen molar-refractivity contribution in [1.82, 2.24) is 14.6 Å². The molecule has 0 amide bonds. The van der Waals surface area contributed by atoms with Gasteiger partial charge in [-0.2, -0.15) is 14.9 Å². The fourth-order valence-corrected chi connectivity index (χ4v) is 3.73. The first-order valence-electron chi connectivity index (χ1n) is 7.62. The van der Waals surface area contributed by atoms with Crippen LogP contribution in [0.3, 0.4) is 0 Å². The number of nitrogens with two attached hydrogens (primary N) is 1. The lowest BCUT2D eigenvalue weighted by molar-refractivity contribution is 0.417. The van der Waals surface area contributed by atoms with Crippen molar-refractivity contribution in [2.75, 3.05) is 17.2 Å². The first kappa shape index (κ1) is 12.5. The lowest BCUT2D eigenvalue weighted by Gasteiger charge is -2.33. The molecule has 0 spiro atoms. The molecule has 2 aromatic rings. The summed E-state index contributed by atoms with van der Waals surface area (Å²) in [7, 11) is 0. The lowest BCUT2D eigenvalue weighted by Crippen LogP contribution is -2.36. The third-order valence-electron chi connectivity index (χ3n) is 4.76. The Hall–Kier alpha value is -2.29. The molecule has 1 aliphatic heterocycles. The van der Waals surface area contributed by atoms with E-state index in [4.69, 9.17) is 5.73 Å². The molecule has 6 heteroatoms. The summed E-state index contributed by atoms with van der Waals surface area (Å²) < 4.78 is 1.81. The zero-order valence-corrected chi connectivity index (χ0v) is 11.9. The van der Waals surface area contributed by atoms with E-state index in [1.807, 2.05) is 4.52 Å². The number of nitriles is 1. The molecule has 3 heterocycles. The highest BCUT2D eigenvalue weighted by atomic mass is 15.4. The maximum absolute atomic E-state index is 9.18. The van der Waals surface area contributed by atoms with E-state index < -0.39 is 0 Å². The van der Waals surface area contributed by atoms with E-state index in [1.54, 1.807) is 6.20 Å². The summed E-state index contributed by atoms with van der Waals surface area (Å²) >= 11 is 0. The van der Waals surface area contributed by atoms with E-state index in [2.05, 4.69) is 21.1 Å². The van der Waals surface area contributed by atoms with Gasteiger partial charge in [0, 0.05) is 18.2 Å². The topological polar surface area (TPSA) is 83.2 Å². The third kappa shape index (κ3) is 1.77. The average molecular weight is 282 g/mol. The molecule has 0 radical (unpaired) electrons. The van der Waals surface area contributed by atoms with Crippen LogP contribution in [-0.2, 0) is 6.42 Å². The van der Waals surface area contributed by atoms with Gasteiger partial charge in [-0.25, -0.2) is 4.98 Å². The Bertz CT molecular complexity index is 735. The van der Waals surface area contributed by atoms with Gasteiger partial charge in [-0.15, -0.1) is 0 Å². The van der Waals surface area contributed by atoms with Gasteiger partial charge in [0.05, 0.1) is 6.20 Å². The lowest BCUT2D eigenvalue weighted by atomic mass is 9.94. The van der Waals surface area contributed by atoms with Crippen molar-refractivity contribution in [1.29, 1.82) is 5.26 Å². The van der Waals surface area contributed by atoms with E-state index in [9.17, 15) is 5.26 Å². The Kier molecular flexibility index (Phi) is 2.74. The molecule has 2 N–H and O–H groups in total. The van der Waals surface area contributed by atoms with Gasteiger partial charge in [-0.05, 0) is 19.3 Å². The average Bonchev–Trinajstić information content (AvgIpc) is 3.11. The van der Waals surface area contributed by atoms with Gasteiger partial charge in [0.1, 0.15) is 23.3 Å². The van der Waals surface area contributed by atoms with Gasteiger partial charge in [-0.3, -0.25) is 0 Å². The smallest absolute Gasteiger partial charge is 0.177 e. The first-order valence-corrected chi connectivity index (χ1v) is 7.62. The largest absolute Gasteiger partial charge is 0.383 e. The molecule has 1 aliphatic carbocycles. The zero-order chi connectivity index (χ0) is 14.4. The molecule has 0 unspecified atom stereocenters. The fourth-order valence-electron chi connectivity index (χ4n) is 3.73. The van der Waals surface area contributed by atoms with E-state index in [1.165, 1.54) is 32.1 Å². The highest BCUT2D eigenvalue weighted by molar-refractivity contribution is 5.70. The van der Waals surface area contributed by atoms with Crippen molar-refractivity contribution in [3.8, 4) is 6.07 Å². The van der Waals surface area contributed by atoms with Crippen molar-refractivity contribution < 1.29 is 0 Å². The Morgan fingerprint density at radius 3 is 2.86 bits per heavy atom. The summed E-state index contributed by atoms with van der Waals surface area (Å²) in [5, 5.41) is 13.6. The van der Waals surface area contributed by atoms with Crippen molar-refractivity contribution in [3.05, 3.63) is 17.3 Å². The number of anilines is 2. The number of nitrogen functional groups attached to an aromatic ring is 1. The minimum absolute atomic E-state index is 0.486. The second-order valence-electron chi connectivity index (χ2n) is 5.94. The highest BCUT2D eigenvalue weighted by Gasteiger charge is 2.32. The number of fused-ring (bicyclic) bond motifs is 3. The summed E-state index contributed by atoms with van der Waals surface area (Å²) in [6, 6.07) is 2.71. The fraction of sp³-hybridized carbons (Fsp3) is 0.533. The Morgan fingerprint density at radius 2 is 2.10 bits per heavy atom. The second kappa shape index (κ2) is 4.62. The molecule has 0 bridgehead atoms. The van der Waals surface area contributed by atoms with Crippen LogP contribution in [0.15, 0.2) is 6.20 Å². The van der Waals surface area contributed by atoms with Crippen molar-refractivity contribution in [2.45, 2.75) is 44.6 Å². The molecule has 0 saturated heterocycles. The zero-order valence-electron chi connectivity index (χ0n) is 11.9. The van der Waals surface area contributed by atoms with Crippen LogP contribution >= 0.6 is 0 Å². The van der Waals surface area contributed by atoms with Crippen LogP contribution in [0.4, 0.5) is 11.6 Å². The van der Waals surface area contributed by atoms with Crippen LogP contribution in [0, 0.1) is 11.3 Å². The molecule has 0 atom stereocenters. The van der Waals surface area contributed by atoms with Gasteiger partial charge >= 0.3 is 0 Å². The molecule has 1 fully saturated rings. The number of hydrogen-bond donors (Lipinski definition) is 1. The first-order chi connectivity index (χ1) is 10.3. The van der Waals surface area contributed by atoms with Gasteiger partial charge < -0.3 is 10.6 Å². The molecule has 6 nitrogen and oxygen atoms in total. The van der Waals surface area contributed by atoms with E-state index >= 15 is 0 Å². The van der Waals surface area contributed by atoms with Crippen molar-refractivity contribution in [2.24, 2.45) is 0 Å². The summed E-state index contributed by atoms with van der Waals surface area (Å²) in [5.74, 6) is 1.61. The number of aromatic nitrogens is 3. The van der Waals surface area contributed by atoms with Crippen LogP contribution in [0.5, 0.6) is 0 Å². The standard InChI is InChI=1S/C15H18N6/c16-8-10-9-18-21-14(10)19-13(17)12-6-7-20(15(12)21)11-4-2-1-3-5-11/h9,11H,1-7H2,(H2,17,19). The summed E-state index contributed by atoms with van der Waals surface area (Å²) in [4.78, 5) is 6.82. The molecular weight excluding hydrogens is 264 g/mol. The molecular formula is C15H18N6. The molecule has 2 aliphatic rings. The normalized spacial score (nSPS) is 18.9. The highest BCUT2D eigenvalue weighted by Crippen LogP contribution is 2.37. The van der Waals surface area contributed by atoms with Crippen molar-refractivity contribution >= 4 is 17.3 Å². The molecule has 2 aromatic heterocycles. The summed E-state index contributed by atoms with van der Waals surface area (Å²) in [5.41, 5.74) is 8.27. The molecule has 4 rings (SSSR count). The molecule has 0 aromatic carbocycles.